The molecule has 1 N–H and O–H groups in total. The summed E-state index contributed by atoms with van der Waals surface area (Å²) < 4.78 is 35.5. The molecular weight excluding hydrogens is 522 g/mol. The molecule has 1 aliphatic rings. The summed E-state index contributed by atoms with van der Waals surface area (Å²) in [4.78, 5) is 4.41. The average Bonchev–Trinajstić information content (AvgIpc) is 3.48. The molecule has 0 saturated heterocycles. The van der Waals surface area contributed by atoms with Crippen LogP contribution in [0.25, 0.3) is 10.9 Å². The molecule has 4 aromatic rings. The van der Waals surface area contributed by atoms with Gasteiger partial charge in [-0.25, -0.2) is 9.07 Å². The highest BCUT2D eigenvalue weighted by molar-refractivity contribution is 6.35. The lowest BCUT2D eigenvalue weighted by molar-refractivity contribution is 0.443. The van der Waals surface area contributed by atoms with Crippen molar-refractivity contribution in [3.8, 4) is 6.07 Å². The molecule has 196 valence electrons. The van der Waals surface area contributed by atoms with E-state index >= 15 is 4.39 Å². The van der Waals surface area contributed by atoms with Crippen molar-refractivity contribution in [2.45, 2.75) is 58.4 Å². The Morgan fingerprint density at radius 1 is 1.29 bits per heavy atom. The van der Waals surface area contributed by atoms with E-state index in [9.17, 15) is 6.63 Å². The summed E-state index contributed by atoms with van der Waals surface area (Å²) in [5, 5.41) is 22.6. The fourth-order valence-corrected chi connectivity index (χ4v) is 4.89. The number of hydrogen-bond donors (Lipinski definition) is 1. The molecule has 0 aliphatic heterocycles. The second-order valence-electron chi connectivity index (χ2n) is 11.3. The lowest BCUT2D eigenvalue weighted by Gasteiger charge is -2.22. The summed E-state index contributed by atoms with van der Waals surface area (Å²) in [6.07, 6.45) is 3.00. The van der Waals surface area contributed by atoms with Crippen LogP contribution in [0.4, 0.5) is 10.1 Å². The van der Waals surface area contributed by atoms with Crippen LogP contribution in [-0.4, -0.2) is 26.5 Å². The standard InChI is InChI=1S/C29H29Cl2FN6/c1-28(2,3)16-35-26-18(13-33)14-34-27-20(26)11-17(12-22(27)31)10-19(25-21(30)6-5-7-23(25)32)24-15-38(37-36-24)29(4)8-9-29/h5-7,11-12,14-15,19H,8-10,16H2,1-4H3,(H,34,35)/t19-/m0/s1/i15D,19D. The topological polar surface area (TPSA) is 79.4 Å². The Morgan fingerprint density at radius 3 is 2.71 bits per heavy atom. The number of aromatic nitrogens is 4. The van der Waals surface area contributed by atoms with E-state index in [2.05, 4.69) is 47.5 Å². The molecule has 6 nitrogen and oxygen atoms in total. The third-order valence-corrected chi connectivity index (χ3v) is 7.37. The fraction of sp³-hybridized carbons (Fsp3) is 0.379. The van der Waals surface area contributed by atoms with Crippen molar-refractivity contribution in [3.05, 3.63) is 80.9 Å². The van der Waals surface area contributed by atoms with Crippen LogP contribution >= 0.6 is 23.2 Å². The molecule has 2 aromatic heterocycles. The Hall–Kier alpha value is -3.21. The number of hydrogen-bond acceptors (Lipinski definition) is 5. The zero-order valence-electron chi connectivity index (χ0n) is 23.7. The second-order valence-corrected chi connectivity index (χ2v) is 12.1. The Kier molecular flexibility index (Phi) is 6.18. The summed E-state index contributed by atoms with van der Waals surface area (Å²) in [5.74, 6) is -2.58. The van der Waals surface area contributed by atoms with Gasteiger partial charge in [0.05, 0.1) is 34.4 Å². The van der Waals surface area contributed by atoms with Crippen LogP contribution < -0.4 is 5.32 Å². The first kappa shape index (κ1) is 23.9. The third kappa shape index (κ3) is 5.21. The van der Waals surface area contributed by atoms with Gasteiger partial charge in [-0.3, -0.25) is 4.98 Å². The van der Waals surface area contributed by atoms with Crippen molar-refractivity contribution in [2.24, 2.45) is 5.41 Å². The molecule has 0 bridgehead atoms. The molecule has 1 aliphatic carbocycles. The zero-order chi connectivity index (χ0) is 29.0. The number of nitriles is 1. The monoisotopic (exact) mass is 552 g/mol. The molecule has 1 fully saturated rings. The lowest BCUT2D eigenvalue weighted by Crippen LogP contribution is -2.19. The Balaban J connectivity index is 1.70. The largest absolute Gasteiger partial charge is 0.383 e. The van der Waals surface area contributed by atoms with Crippen LogP contribution in [0.1, 0.15) is 71.6 Å². The summed E-state index contributed by atoms with van der Waals surface area (Å²) in [5.41, 5.74) is 1.48. The maximum atomic E-state index is 15.4. The average molecular weight is 554 g/mol. The third-order valence-electron chi connectivity index (χ3n) is 6.76. The minimum Gasteiger partial charge on any atom is -0.383 e. The number of anilines is 1. The highest BCUT2D eigenvalue weighted by Gasteiger charge is 2.41. The maximum Gasteiger partial charge on any atom is 0.128 e. The number of halogens is 3. The van der Waals surface area contributed by atoms with Gasteiger partial charge in [0.2, 0.25) is 0 Å². The first-order valence-electron chi connectivity index (χ1n) is 13.4. The molecule has 9 heteroatoms. The SMILES string of the molecule is [2H]c1c([C@]([2H])(Cc2cc(Cl)c3ncc(C#N)c(NCC(C)(C)C)c3c2)c2c(F)cccc2Cl)nnn1C1(C)CC1. The van der Waals surface area contributed by atoms with E-state index in [1.54, 1.807) is 12.1 Å². The second kappa shape index (κ2) is 9.83. The van der Waals surface area contributed by atoms with Gasteiger partial charge in [-0.2, -0.15) is 5.26 Å². The number of fused-ring (bicyclic) bond motifs is 1. The number of nitrogens with zero attached hydrogens (tertiary/aromatic N) is 5. The predicted octanol–water partition coefficient (Wildman–Crippen LogP) is 7.49. The van der Waals surface area contributed by atoms with Gasteiger partial charge < -0.3 is 5.32 Å². The number of benzene rings is 2. The van der Waals surface area contributed by atoms with Crippen LogP contribution in [0, 0.1) is 22.6 Å². The van der Waals surface area contributed by atoms with Crippen LogP contribution in [0.5, 0.6) is 0 Å². The van der Waals surface area contributed by atoms with E-state index in [-0.39, 0.29) is 39.8 Å². The van der Waals surface area contributed by atoms with Crippen LogP contribution in [-0.2, 0) is 12.0 Å². The van der Waals surface area contributed by atoms with Gasteiger partial charge >= 0.3 is 0 Å². The van der Waals surface area contributed by atoms with E-state index in [0.717, 1.165) is 12.8 Å². The first-order valence-corrected chi connectivity index (χ1v) is 13.2. The lowest BCUT2D eigenvalue weighted by atomic mass is 9.88. The molecule has 0 amide bonds. The van der Waals surface area contributed by atoms with Gasteiger partial charge in [-0.1, -0.05) is 55.3 Å². The number of pyridine rings is 1. The fourth-order valence-electron chi connectivity index (χ4n) is 4.33. The summed E-state index contributed by atoms with van der Waals surface area (Å²) in [7, 11) is 0. The molecule has 1 saturated carbocycles. The van der Waals surface area contributed by atoms with Gasteiger partial charge in [-0.15, -0.1) is 5.10 Å². The predicted molar refractivity (Wildman–Crippen MR) is 149 cm³/mol. The van der Waals surface area contributed by atoms with E-state index < -0.39 is 11.7 Å². The molecule has 5 rings (SSSR count). The van der Waals surface area contributed by atoms with Crippen molar-refractivity contribution in [1.29, 1.82) is 5.26 Å². The van der Waals surface area contributed by atoms with Gasteiger partial charge in [0, 0.05) is 42.2 Å². The minimum absolute atomic E-state index is 0.00109. The molecule has 38 heavy (non-hydrogen) atoms. The minimum atomic E-state index is -1.90. The van der Waals surface area contributed by atoms with Crippen molar-refractivity contribution < 1.29 is 7.13 Å². The van der Waals surface area contributed by atoms with Crippen LogP contribution in [0.2, 0.25) is 10.0 Å². The smallest absolute Gasteiger partial charge is 0.128 e. The van der Waals surface area contributed by atoms with E-state index in [0.29, 0.717) is 39.3 Å². The molecule has 2 heterocycles. The van der Waals surface area contributed by atoms with E-state index in [4.69, 9.17) is 24.6 Å². The molecule has 0 unspecified atom stereocenters. The highest BCUT2D eigenvalue weighted by atomic mass is 35.5. The molecule has 2 aromatic carbocycles. The number of nitrogens with one attached hydrogen (secondary N) is 1. The van der Waals surface area contributed by atoms with Gasteiger partial charge in [-0.05, 0) is 61.4 Å². The Bertz CT molecular complexity index is 1650. The van der Waals surface area contributed by atoms with E-state index in [1.807, 2.05) is 6.92 Å². The molecule has 0 spiro atoms. The zero-order valence-corrected chi connectivity index (χ0v) is 23.2. The Morgan fingerprint density at radius 2 is 2.05 bits per heavy atom. The van der Waals surface area contributed by atoms with Crippen molar-refractivity contribution in [3.63, 3.8) is 0 Å². The van der Waals surface area contributed by atoms with Crippen LogP contribution in [0.3, 0.4) is 0 Å². The number of rotatable bonds is 7. The first-order chi connectivity index (χ1) is 18.8. The summed E-state index contributed by atoms with van der Waals surface area (Å²) in [6.45, 7) is 8.79. The Labute approximate surface area is 234 Å². The maximum absolute atomic E-state index is 15.4. The van der Waals surface area contributed by atoms with Crippen molar-refractivity contribution in [2.75, 3.05) is 11.9 Å². The van der Waals surface area contributed by atoms with Crippen molar-refractivity contribution >= 4 is 39.8 Å². The van der Waals surface area contributed by atoms with Gasteiger partial charge in [0.15, 0.2) is 0 Å². The quantitative estimate of drug-likeness (QED) is 0.257. The molecule has 0 radical (unpaired) electrons. The van der Waals surface area contributed by atoms with Crippen LogP contribution in [0.15, 0.2) is 42.7 Å². The normalized spacial score (nSPS) is 16.9. The molecule has 1 atom stereocenters. The summed E-state index contributed by atoms with van der Waals surface area (Å²) >= 11 is 13.2. The highest BCUT2D eigenvalue weighted by Crippen LogP contribution is 2.43. The summed E-state index contributed by atoms with van der Waals surface area (Å²) in [6, 6.07) is 9.89. The van der Waals surface area contributed by atoms with Gasteiger partial charge in [0.25, 0.3) is 0 Å². The van der Waals surface area contributed by atoms with Crippen molar-refractivity contribution in [1.82, 2.24) is 20.0 Å². The molecular formula is C29H29Cl2FN6. The van der Waals surface area contributed by atoms with E-state index in [1.165, 1.54) is 29.1 Å². The van der Waals surface area contributed by atoms with Gasteiger partial charge in [0.1, 0.15) is 11.9 Å².